The lowest BCUT2D eigenvalue weighted by Crippen LogP contribution is -2.16. The van der Waals surface area contributed by atoms with E-state index in [2.05, 4.69) is 5.32 Å². The molecule has 0 aliphatic rings. The third-order valence-corrected chi connectivity index (χ3v) is 3.63. The fraction of sp³-hybridized carbons (Fsp3) is 0.235. The van der Waals surface area contributed by atoms with Gasteiger partial charge in [-0.2, -0.15) is 0 Å². The molecule has 6 heteroatoms. The Morgan fingerprint density at radius 3 is 2.52 bits per heavy atom. The Kier molecular flexibility index (Phi) is 4.95. The monoisotopic (exact) mass is 314 g/mol. The van der Waals surface area contributed by atoms with E-state index in [4.69, 9.17) is 4.74 Å². The molecule has 2 aromatic rings. The molecule has 2 aromatic carbocycles. The minimum absolute atomic E-state index is 0.0775. The van der Waals surface area contributed by atoms with Gasteiger partial charge in [-0.15, -0.1) is 0 Å². The first-order valence-electron chi connectivity index (χ1n) is 7.09. The number of methoxy groups -OCH3 is 1. The average Bonchev–Trinajstić information content (AvgIpc) is 2.50. The molecule has 0 spiro atoms. The number of aryl methyl sites for hydroxylation is 2. The Bertz CT molecular complexity index is 756. The molecule has 0 saturated heterocycles. The van der Waals surface area contributed by atoms with Crippen molar-refractivity contribution >= 4 is 17.3 Å². The highest BCUT2D eigenvalue weighted by Crippen LogP contribution is 2.28. The van der Waals surface area contributed by atoms with Crippen LogP contribution in [0.5, 0.6) is 5.75 Å². The van der Waals surface area contributed by atoms with Gasteiger partial charge in [-0.3, -0.25) is 14.9 Å². The van der Waals surface area contributed by atoms with Gasteiger partial charge >= 0.3 is 0 Å². The normalized spacial score (nSPS) is 10.2. The van der Waals surface area contributed by atoms with Gasteiger partial charge in [0.15, 0.2) is 0 Å². The molecule has 0 heterocycles. The molecule has 1 N–H and O–H groups in total. The maximum absolute atomic E-state index is 12.2. The number of ether oxygens (including phenoxy) is 1. The number of nitro benzene ring substituents is 1. The molecule has 0 radical (unpaired) electrons. The van der Waals surface area contributed by atoms with E-state index >= 15 is 0 Å². The van der Waals surface area contributed by atoms with Crippen LogP contribution in [0.3, 0.4) is 0 Å². The topological polar surface area (TPSA) is 81.5 Å². The van der Waals surface area contributed by atoms with Gasteiger partial charge in [0, 0.05) is 11.6 Å². The fourth-order valence-electron chi connectivity index (χ4n) is 2.27. The SMILES string of the molecule is COc1ccccc1CC(=O)Nc1cc(C)c(C)cc1[N+](=O)[O-]. The van der Waals surface area contributed by atoms with E-state index in [1.54, 1.807) is 25.1 Å². The van der Waals surface area contributed by atoms with Crippen LogP contribution in [0.4, 0.5) is 11.4 Å². The lowest BCUT2D eigenvalue weighted by molar-refractivity contribution is -0.384. The van der Waals surface area contributed by atoms with Gasteiger partial charge in [0.05, 0.1) is 18.5 Å². The van der Waals surface area contributed by atoms with E-state index in [1.807, 2.05) is 19.1 Å². The number of para-hydroxylation sites is 1. The maximum Gasteiger partial charge on any atom is 0.293 e. The second kappa shape index (κ2) is 6.91. The summed E-state index contributed by atoms with van der Waals surface area (Å²) in [6, 6.07) is 10.3. The molecule has 0 fully saturated rings. The summed E-state index contributed by atoms with van der Waals surface area (Å²) in [4.78, 5) is 22.9. The minimum atomic E-state index is -0.495. The van der Waals surface area contributed by atoms with E-state index in [0.717, 1.165) is 16.7 Å². The van der Waals surface area contributed by atoms with E-state index < -0.39 is 4.92 Å². The van der Waals surface area contributed by atoms with Crippen molar-refractivity contribution in [1.29, 1.82) is 0 Å². The molecule has 0 atom stereocenters. The van der Waals surface area contributed by atoms with Crippen LogP contribution in [-0.4, -0.2) is 17.9 Å². The third kappa shape index (κ3) is 3.85. The number of hydrogen-bond donors (Lipinski definition) is 1. The number of nitro groups is 1. The molecular weight excluding hydrogens is 296 g/mol. The molecule has 0 aliphatic carbocycles. The molecule has 0 saturated carbocycles. The Balaban J connectivity index is 2.23. The molecule has 1 amide bonds. The minimum Gasteiger partial charge on any atom is -0.496 e. The molecular formula is C17H18N2O4. The second-order valence-corrected chi connectivity index (χ2v) is 5.25. The van der Waals surface area contributed by atoms with E-state index in [1.165, 1.54) is 13.2 Å². The van der Waals surface area contributed by atoms with Gasteiger partial charge in [0.1, 0.15) is 11.4 Å². The number of hydrogen-bond acceptors (Lipinski definition) is 4. The standard InChI is InChI=1S/C17H18N2O4/c1-11-8-14(15(19(21)22)9-12(11)2)18-17(20)10-13-6-4-5-7-16(13)23-3/h4-9H,10H2,1-3H3,(H,18,20). The van der Waals surface area contributed by atoms with Crippen LogP contribution in [0, 0.1) is 24.0 Å². The summed E-state index contributed by atoms with van der Waals surface area (Å²) in [5.74, 6) is 0.276. The predicted octanol–water partition coefficient (Wildman–Crippen LogP) is 3.40. The molecule has 2 rings (SSSR count). The zero-order valence-electron chi connectivity index (χ0n) is 13.3. The number of benzene rings is 2. The zero-order chi connectivity index (χ0) is 17.0. The Morgan fingerprint density at radius 1 is 1.22 bits per heavy atom. The summed E-state index contributed by atoms with van der Waals surface area (Å²) in [6.07, 6.45) is 0.0775. The van der Waals surface area contributed by atoms with Gasteiger partial charge in [-0.1, -0.05) is 18.2 Å². The highest BCUT2D eigenvalue weighted by Gasteiger charge is 2.18. The molecule has 6 nitrogen and oxygen atoms in total. The van der Waals surface area contributed by atoms with Crippen molar-refractivity contribution in [1.82, 2.24) is 0 Å². The summed E-state index contributed by atoms with van der Waals surface area (Å²) in [5, 5.41) is 13.8. The first-order chi connectivity index (χ1) is 10.9. The van der Waals surface area contributed by atoms with Crippen LogP contribution in [0.15, 0.2) is 36.4 Å². The van der Waals surface area contributed by atoms with Crippen molar-refractivity contribution < 1.29 is 14.5 Å². The lowest BCUT2D eigenvalue weighted by Gasteiger charge is -2.10. The number of amides is 1. The Morgan fingerprint density at radius 2 is 1.87 bits per heavy atom. The number of carbonyl (C=O) groups is 1. The van der Waals surface area contributed by atoms with Crippen molar-refractivity contribution in [2.75, 3.05) is 12.4 Å². The van der Waals surface area contributed by atoms with Crippen molar-refractivity contribution in [2.24, 2.45) is 0 Å². The smallest absolute Gasteiger partial charge is 0.293 e. The summed E-state index contributed by atoms with van der Waals surface area (Å²) < 4.78 is 5.20. The van der Waals surface area contributed by atoms with Crippen LogP contribution in [0.2, 0.25) is 0 Å². The summed E-state index contributed by atoms with van der Waals surface area (Å²) >= 11 is 0. The van der Waals surface area contributed by atoms with Crippen molar-refractivity contribution in [3.05, 3.63) is 63.2 Å². The van der Waals surface area contributed by atoms with Gasteiger partial charge in [0.25, 0.3) is 5.69 Å². The molecule has 0 bridgehead atoms. The highest BCUT2D eigenvalue weighted by atomic mass is 16.6. The first kappa shape index (κ1) is 16.5. The number of carbonyl (C=O) groups excluding carboxylic acids is 1. The van der Waals surface area contributed by atoms with Crippen LogP contribution in [0.25, 0.3) is 0 Å². The number of nitrogens with zero attached hydrogens (tertiary/aromatic N) is 1. The molecule has 120 valence electrons. The third-order valence-electron chi connectivity index (χ3n) is 3.63. The van der Waals surface area contributed by atoms with Crippen molar-refractivity contribution in [3.63, 3.8) is 0 Å². The quantitative estimate of drug-likeness (QED) is 0.677. The summed E-state index contributed by atoms with van der Waals surface area (Å²) in [5.41, 5.74) is 2.50. The Hall–Kier alpha value is -2.89. The molecule has 23 heavy (non-hydrogen) atoms. The molecule has 0 aromatic heterocycles. The highest BCUT2D eigenvalue weighted by molar-refractivity contribution is 5.95. The van der Waals surface area contributed by atoms with Crippen LogP contribution in [-0.2, 0) is 11.2 Å². The van der Waals surface area contributed by atoms with Crippen molar-refractivity contribution in [2.45, 2.75) is 20.3 Å². The number of rotatable bonds is 5. The first-order valence-corrected chi connectivity index (χ1v) is 7.09. The molecule has 0 aliphatic heterocycles. The lowest BCUT2D eigenvalue weighted by atomic mass is 10.1. The van der Waals surface area contributed by atoms with E-state index in [-0.39, 0.29) is 23.7 Å². The number of nitrogens with one attached hydrogen (secondary N) is 1. The second-order valence-electron chi connectivity index (χ2n) is 5.25. The zero-order valence-corrected chi connectivity index (χ0v) is 13.3. The summed E-state index contributed by atoms with van der Waals surface area (Å²) in [7, 11) is 1.53. The van der Waals surface area contributed by atoms with Gasteiger partial charge in [-0.25, -0.2) is 0 Å². The number of anilines is 1. The molecule has 0 unspecified atom stereocenters. The van der Waals surface area contributed by atoms with Crippen LogP contribution in [0.1, 0.15) is 16.7 Å². The van der Waals surface area contributed by atoms with Crippen LogP contribution < -0.4 is 10.1 Å². The maximum atomic E-state index is 12.2. The predicted molar refractivity (Wildman–Crippen MR) is 87.9 cm³/mol. The van der Waals surface area contributed by atoms with E-state index in [9.17, 15) is 14.9 Å². The van der Waals surface area contributed by atoms with E-state index in [0.29, 0.717) is 5.75 Å². The van der Waals surface area contributed by atoms with Crippen LogP contribution >= 0.6 is 0 Å². The van der Waals surface area contributed by atoms with Crippen molar-refractivity contribution in [3.8, 4) is 5.75 Å². The Labute approximate surface area is 134 Å². The van der Waals surface area contributed by atoms with Gasteiger partial charge in [0.2, 0.25) is 5.91 Å². The van der Waals surface area contributed by atoms with Gasteiger partial charge < -0.3 is 10.1 Å². The fourth-order valence-corrected chi connectivity index (χ4v) is 2.27. The average molecular weight is 314 g/mol. The summed E-state index contributed by atoms with van der Waals surface area (Å²) in [6.45, 7) is 3.64. The largest absolute Gasteiger partial charge is 0.496 e. The van der Waals surface area contributed by atoms with Gasteiger partial charge in [-0.05, 0) is 37.1 Å².